The number of carbonyl (C=O) groups is 1. The molecule has 2 aromatic rings. The van der Waals surface area contributed by atoms with Gasteiger partial charge >= 0.3 is 0 Å². The second kappa shape index (κ2) is 9.46. The van der Waals surface area contributed by atoms with Gasteiger partial charge in [-0.3, -0.25) is 9.79 Å². The molecule has 3 heterocycles. The molecule has 7 nitrogen and oxygen atoms in total. The van der Waals surface area contributed by atoms with Crippen LogP contribution in [0.5, 0.6) is 0 Å². The molecule has 5 rings (SSSR count). The number of aliphatic imine (C=N–C) groups is 1. The number of nitrogens with one attached hydrogen (secondary N) is 2. The van der Waals surface area contributed by atoms with Gasteiger partial charge in [-0.25, -0.2) is 4.98 Å². The summed E-state index contributed by atoms with van der Waals surface area (Å²) in [4.78, 5) is 29.3. The van der Waals surface area contributed by atoms with Crippen molar-refractivity contribution in [1.29, 1.82) is 0 Å². The minimum Gasteiger partial charge on any atom is -0.345 e. The van der Waals surface area contributed by atoms with Gasteiger partial charge in [-0.1, -0.05) is 18.6 Å². The first-order valence-corrected chi connectivity index (χ1v) is 13.2. The van der Waals surface area contributed by atoms with Crippen LogP contribution in [0.25, 0.3) is 11.0 Å². The molecule has 0 radical (unpaired) electrons. The molecular weight excluding hydrogens is 452 g/mol. The van der Waals surface area contributed by atoms with Crippen LogP contribution < -0.4 is 10.2 Å². The smallest absolute Gasteiger partial charge is 0.244 e. The molecule has 1 aromatic carbocycles. The standard InChI is InChI=1S/C24H30N6OS2/c1-15-3-5-18(16(2)11-15)22-23(25-13-21(31)29-7-9-33-10-8-29)28-24(32)30(22)17-4-6-19-20(12-17)27-14-26-19/h4,6,11-12,14,16,18,22H,3,5,7-10,13H2,1-2H3,(H,26,27)(H,25,28,32). The first-order chi connectivity index (χ1) is 16.0. The first kappa shape index (κ1) is 22.4. The van der Waals surface area contributed by atoms with Crippen molar-refractivity contribution < 1.29 is 4.79 Å². The van der Waals surface area contributed by atoms with E-state index in [1.165, 1.54) is 5.57 Å². The van der Waals surface area contributed by atoms with Gasteiger partial charge in [0.2, 0.25) is 5.91 Å². The van der Waals surface area contributed by atoms with Gasteiger partial charge < -0.3 is 20.1 Å². The van der Waals surface area contributed by atoms with Gasteiger partial charge in [0.15, 0.2) is 5.11 Å². The van der Waals surface area contributed by atoms with Gasteiger partial charge in [0, 0.05) is 30.3 Å². The lowest BCUT2D eigenvalue weighted by Crippen LogP contribution is -2.44. The Morgan fingerprint density at radius 1 is 1.33 bits per heavy atom. The van der Waals surface area contributed by atoms with Crippen molar-refractivity contribution in [2.75, 3.05) is 36.0 Å². The number of amidine groups is 1. The molecular formula is C24H30N6OS2. The Balaban J connectivity index is 1.47. The van der Waals surface area contributed by atoms with Gasteiger partial charge in [0.05, 0.1) is 23.4 Å². The normalized spacial score (nSPS) is 27.2. The molecule has 2 fully saturated rings. The van der Waals surface area contributed by atoms with Crippen LogP contribution >= 0.6 is 24.0 Å². The number of benzene rings is 1. The van der Waals surface area contributed by atoms with Crippen molar-refractivity contribution >= 4 is 57.6 Å². The molecule has 2 saturated heterocycles. The number of nitrogens with zero attached hydrogens (tertiary/aromatic N) is 4. The number of hydrogen-bond acceptors (Lipinski definition) is 5. The molecule has 2 aliphatic heterocycles. The predicted molar refractivity (Wildman–Crippen MR) is 140 cm³/mol. The minimum atomic E-state index is -0.0297. The van der Waals surface area contributed by atoms with Crippen molar-refractivity contribution in [2.24, 2.45) is 16.8 Å². The molecule has 3 unspecified atom stereocenters. The number of allylic oxidation sites excluding steroid dienone is 2. The highest BCUT2D eigenvalue weighted by Gasteiger charge is 2.43. The van der Waals surface area contributed by atoms with Gasteiger partial charge in [-0.15, -0.1) is 0 Å². The summed E-state index contributed by atoms with van der Waals surface area (Å²) in [6.07, 6.45) is 6.22. The summed E-state index contributed by atoms with van der Waals surface area (Å²) in [5.41, 5.74) is 4.34. The number of carbonyl (C=O) groups excluding carboxylic acids is 1. The van der Waals surface area contributed by atoms with Crippen molar-refractivity contribution in [3.8, 4) is 0 Å². The van der Waals surface area contributed by atoms with Gasteiger partial charge in [-0.05, 0) is 62.0 Å². The second-order valence-corrected chi connectivity index (χ2v) is 10.7. The molecule has 9 heteroatoms. The molecule has 174 valence electrons. The van der Waals surface area contributed by atoms with Crippen LogP contribution in [-0.4, -0.2) is 68.9 Å². The maximum Gasteiger partial charge on any atom is 0.244 e. The highest BCUT2D eigenvalue weighted by molar-refractivity contribution is 7.99. The molecule has 1 aliphatic carbocycles. The molecule has 0 spiro atoms. The Morgan fingerprint density at radius 3 is 2.94 bits per heavy atom. The zero-order chi connectivity index (χ0) is 22.9. The monoisotopic (exact) mass is 482 g/mol. The topological polar surface area (TPSA) is 76.6 Å². The number of rotatable bonds is 4. The van der Waals surface area contributed by atoms with Crippen molar-refractivity contribution in [1.82, 2.24) is 20.2 Å². The van der Waals surface area contributed by atoms with Gasteiger partial charge in [-0.2, -0.15) is 11.8 Å². The third-order valence-corrected chi connectivity index (χ3v) is 8.19. The summed E-state index contributed by atoms with van der Waals surface area (Å²) in [7, 11) is 0. The summed E-state index contributed by atoms with van der Waals surface area (Å²) < 4.78 is 0. The van der Waals surface area contributed by atoms with Crippen LogP contribution in [0.4, 0.5) is 5.69 Å². The largest absolute Gasteiger partial charge is 0.345 e. The van der Waals surface area contributed by atoms with Gasteiger partial charge in [0.25, 0.3) is 0 Å². The molecule has 1 amide bonds. The SMILES string of the molecule is CC1=CC(C)C(C2/C(=N/CC(=O)N3CCSCC3)NC(=S)N2c2ccc3[nH]cnc3c2)CC1. The lowest BCUT2D eigenvalue weighted by atomic mass is 9.77. The van der Waals surface area contributed by atoms with E-state index in [2.05, 4.69) is 52.2 Å². The van der Waals surface area contributed by atoms with Crippen LogP contribution in [0, 0.1) is 11.8 Å². The number of imidazole rings is 1. The first-order valence-electron chi connectivity index (χ1n) is 11.6. The van der Waals surface area contributed by atoms with Crippen LogP contribution in [0.2, 0.25) is 0 Å². The maximum absolute atomic E-state index is 12.8. The van der Waals surface area contributed by atoms with E-state index in [-0.39, 0.29) is 18.5 Å². The van der Waals surface area contributed by atoms with Crippen molar-refractivity contribution in [3.05, 3.63) is 36.2 Å². The molecule has 0 bridgehead atoms. The van der Waals surface area contributed by atoms with Crippen LogP contribution in [0.3, 0.4) is 0 Å². The molecule has 0 saturated carbocycles. The Bertz CT molecular complexity index is 1120. The molecule has 33 heavy (non-hydrogen) atoms. The second-order valence-electron chi connectivity index (χ2n) is 9.12. The number of aromatic amines is 1. The Kier molecular flexibility index (Phi) is 6.42. The average molecular weight is 483 g/mol. The van der Waals surface area contributed by atoms with E-state index in [1.807, 2.05) is 22.7 Å². The number of hydrogen-bond donors (Lipinski definition) is 2. The zero-order valence-electron chi connectivity index (χ0n) is 19.1. The number of anilines is 1. The number of aromatic nitrogens is 2. The Morgan fingerprint density at radius 2 is 2.15 bits per heavy atom. The fraction of sp³-hybridized carbons (Fsp3) is 0.500. The number of amides is 1. The molecule has 2 N–H and O–H groups in total. The van der Waals surface area contributed by atoms with E-state index in [9.17, 15) is 4.79 Å². The summed E-state index contributed by atoms with van der Waals surface area (Å²) in [6, 6.07) is 6.16. The lowest BCUT2D eigenvalue weighted by Gasteiger charge is -2.36. The lowest BCUT2D eigenvalue weighted by molar-refractivity contribution is -0.129. The van der Waals surface area contributed by atoms with E-state index >= 15 is 0 Å². The van der Waals surface area contributed by atoms with E-state index < -0.39 is 0 Å². The van der Waals surface area contributed by atoms with Crippen molar-refractivity contribution in [2.45, 2.75) is 32.7 Å². The molecule has 1 aromatic heterocycles. The maximum atomic E-state index is 12.8. The fourth-order valence-corrected chi connectivity index (χ4v) is 6.42. The number of H-pyrrole nitrogens is 1. The van der Waals surface area contributed by atoms with Crippen LogP contribution in [-0.2, 0) is 4.79 Å². The Labute approximate surface area is 204 Å². The number of thioether (sulfide) groups is 1. The number of thiocarbonyl (C=S) groups is 1. The quantitative estimate of drug-likeness (QED) is 0.512. The summed E-state index contributed by atoms with van der Waals surface area (Å²) in [5.74, 6) is 3.65. The van der Waals surface area contributed by atoms with E-state index in [4.69, 9.17) is 17.2 Å². The minimum absolute atomic E-state index is 0.0297. The summed E-state index contributed by atoms with van der Waals surface area (Å²) in [5, 5.41) is 4.00. The fourth-order valence-electron chi connectivity index (χ4n) is 5.19. The predicted octanol–water partition coefficient (Wildman–Crippen LogP) is 3.59. The highest BCUT2D eigenvalue weighted by Crippen LogP contribution is 2.37. The third kappa shape index (κ3) is 4.53. The molecule has 3 aliphatic rings. The number of fused-ring (bicyclic) bond motifs is 1. The summed E-state index contributed by atoms with van der Waals surface area (Å²) >= 11 is 7.71. The van der Waals surface area contributed by atoms with E-state index in [1.54, 1.807) is 6.33 Å². The average Bonchev–Trinajstić information content (AvgIpc) is 3.41. The highest BCUT2D eigenvalue weighted by atomic mass is 32.2. The van der Waals surface area contributed by atoms with E-state index in [0.29, 0.717) is 16.9 Å². The van der Waals surface area contributed by atoms with Crippen molar-refractivity contribution in [3.63, 3.8) is 0 Å². The molecule has 3 atom stereocenters. The van der Waals surface area contributed by atoms with E-state index in [0.717, 1.165) is 60.0 Å². The van der Waals surface area contributed by atoms with Crippen LogP contribution in [0.15, 0.2) is 41.2 Å². The van der Waals surface area contributed by atoms with Gasteiger partial charge in [0.1, 0.15) is 12.4 Å². The third-order valence-electron chi connectivity index (χ3n) is 6.94. The zero-order valence-corrected chi connectivity index (χ0v) is 20.7. The Hall–Kier alpha value is -2.39. The van der Waals surface area contributed by atoms with Crippen LogP contribution in [0.1, 0.15) is 26.7 Å². The summed E-state index contributed by atoms with van der Waals surface area (Å²) in [6.45, 7) is 6.26.